The molecule has 2 rings (SSSR count). The van der Waals surface area contributed by atoms with Gasteiger partial charge in [-0.05, 0) is 55.8 Å². The first-order valence-electron chi connectivity index (χ1n) is 15.2. The number of amides is 4. The van der Waals surface area contributed by atoms with E-state index < -0.39 is 78.1 Å². The number of carboxylic acids is 2. The summed E-state index contributed by atoms with van der Waals surface area (Å²) in [5.41, 5.74) is 11.9. The third-order valence-electron chi connectivity index (χ3n) is 7.92. The number of carbonyl (C=O) groups is 6. The highest BCUT2D eigenvalue weighted by molar-refractivity contribution is 5.97. The molecule has 0 bridgehead atoms. The maximum absolute atomic E-state index is 13.8. The first-order valence-corrected chi connectivity index (χ1v) is 15.2. The summed E-state index contributed by atoms with van der Waals surface area (Å²) in [5.74, 6) is -5.91. The Hall–Kier alpha value is -4.24. The largest absolute Gasteiger partial charge is 0.508 e. The van der Waals surface area contributed by atoms with Crippen molar-refractivity contribution < 1.29 is 44.1 Å². The van der Waals surface area contributed by atoms with E-state index in [1.165, 1.54) is 29.2 Å². The van der Waals surface area contributed by atoms with Gasteiger partial charge in [0.2, 0.25) is 23.6 Å². The molecule has 10 N–H and O–H groups in total. The van der Waals surface area contributed by atoms with Crippen LogP contribution in [-0.4, -0.2) is 99.1 Å². The number of carbonyl (C=O) groups excluding carboxylic acids is 4. The number of hydrogen-bond acceptors (Lipinski definition) is 9. The number of unbranched alkanes of at least 4 members (excludes halogenated alkanes) is 1. The monoisotopic (exact) mass is 634 g/mol. The van der Waals surface area contributed by atoms with Gasteiger partial charge in [0.05, 0.1) is 12.5 Å². The number of aromatic hydroxyl groups is 1. The van der Waals surface area contributed by atoms with E-state index in [4.69, 9.17) is 11.5 Å². The summed E-state index contributed by atoms with van der Waals surface area (Å²) in [6.07, 6.45) is 1.86. The van der Waals surface area contributed by atoms with E-state index in [0.717, 1.165) is 0 Å². The molecule has 1 heterocycles. The summed E-state index contributed by atoms with van der Waals surface area (Å²) in [5, 5.41) is 36.1. The van der Waals surface area contributed by atoms with Crippen molar-refractivity contribution in [1.29, 1.82) is 0 Å². The van der Waals surface area contributed by atoms with Crippen molar-refractivity contribution in [2.75, 3.05) is 13.1 Å². The van der Waals surface area contributed by atoms with Crippen LogP contribution in [0, 0.1) is 5.92 Å². The molecule has 1 saturated heterocycles. The highest BCUT2D eigenvalue weighted by Crippen LogP contribution is 2.22. The number of nitrogens with two attached hydrogens (primary N) is 2. The lowest BCUT2D eigenvalue weighted by Gasteiger charge is -2.32. The van der Waals surface area contributed by atoms with E-state index in [-0.39, 0.29) is 31.6 Å². The van der Waals surface area contributed by atoms with Gasteiger partial charge in [-0.3, -0.25) is 24.0 Å². The van der Waals surface area contributed by atoms with Crippen molar-refractivity contribution in [2.45, 2.75) is 95.4 Å². The van der Waals surface area contributed by atoms with E-state index in [0.29, 0.717) is 37.8 Å². The van der Waals surface area contributed by atoms with Crippen molar-refractivity contribution in [3.8, 4) is 5.75 Å². The van der Waals surface area contributed by atoms with E-state index >= 15 is 0 Å². The molecule has 0 spiro atoms. The molecule has 45 heavy (non-hydrogen) atoms. The number of nitrogens with one attached hydrogen (secondary N) is 3. The van der Waals surface area contributed by atoms with Crippen molar-refractivity contribution in [3.05, 3.63) is 29.8 Å². The molecule has 1 aliphatic rings. The van der Waals surface area contributed by atoms with Crippen LogP contribution in [0.25, 0.3) is 0 Å². The Balaban J connectivity index is 2.18. The van der Waals surface area contributed by atoms with Crippen LogP contribution in [0.4, 0.5) is 0 Å². The standard InChI is InChI=1S/C30H46N6O9/c1-3-17(2)25(35-27(41)21(16-24(38)39)33-26(40)20(32)7-4-5-13-31)29(43)36-14-6-8-23(36)28(42)34-22(30(44)45)15-18-9-11-19(37)12-10-18/h9-12,17,20-23,25,37H,3-8,13-16,31-32H2,1-2H3,(H,33,40)(H,34,42)(H,35,41)(H,38,39)(H,44,45)/t17-,20-,21-,22-,23-,25-/m0/s1. The Morgan fingerprint density at radius 3 is 2.22 bits per heavy atom. The van der Waals surface area contributed by atoms with E-state index in [2.05, 4.69) is 16.0 Å². The van der Waals surface area contributed by atoms with Gasteiger partial charge in [-0.2, -0.15) is 0 Å². The number of hydrogen-bond donors (Lipinski definition) is 8. The first kappa shape index (κ1) is 36.9. The van der Waals surface area contributed by atoms with Gasteiger partial charge < -0.3 is 47.6 Å². The van der Waals surface area contributed by atoms with Crippen molar-refractivity contribution >= 4 is 35.6 Å². The highest BCUT2D eigenvalue weighted by atomic mass is 16.4. The highest BCUT2D eigenvalue weighted by Gasteiger charge is 2.41. The first-order chi connectivity index (χ1) is 21.3. The van der Waals surface area contributed by atoms with Crippen LogP contribution in [-0.2, 0) is 35.2 Å². The molecule has 6 atom stereocenters. The predicted molar refractivity (Wildman–Crippen MR) is 163 cm³/mol. The Labute approximate surface area is 262 Å². The van der Waals surface area contributed by atoms with Crippen LogP contribution in [0.1, 0.15) is 64.4 Å². The molecule has 4 amide bonds. The van der Waals surface area contributed by atoms with Crippen LogP contribution in [0.5, 0.6) is 5.75 Å². The Morgan fingerprint density at radius 2 is 1.64 bits per heavy atom. The molecule has 0 unspecified atom stereocenters. The molecular formula is C30H46N6O9. The van der Waals surface area contributed by atoms with Crippen molar-refractivity contribution in [2.24, 2.45) is 17.4 Å². The predicted octanol–water partition coefficient (Wildman–Crippen LogP) is -0.558. The molecule has 0 radical (unpaired) electrons. The number of aliphatic carboxylic acids is 2. The molecule has 15 heteroatoms. The molecule has 1 aromatic rings. The Morgan fingerprint density at radius 1 is 0.978 bits per heavy atom. The zero-order chi connectivity index (χ0) is 33.7. The molecule has 15 nitrogen and oxygen atoms in total. The molecule has 1 aliphatic heterocycles. The minimum absolute atomic E-state index is 0.0104. The van der Waals surface area contributed by atoms with Gasteiger partial charge in [-0.1, -0.05) is 38.8 Å². The number of benzene rings is 1. The number of rotatable bonds is 18. The number of nitrogens with zero attached hydrogens (tertiary/aromatic N) is 1. The SMILES string of the molecule is CC[C@H](C)[C@H](NC(=O)[C@H](CC(=O)O)NC(=O)[C@@H](N)CCCCN)C(=O)N1CCC[C@H]1C(=O)N[C@@H](Cc1ccc(O)cc1)C(=O)O. The molecule has 250 valence electrons. The maximum atomic E-state index is 13.8. The van der Waals surface area contributed by atoms with Gasteiger partial charge in [0.25, 0.3) is 0 Å². The van der Waals surface area contributed by atoms with Gasteiger partial charge in [0.1, 0.15) is 29.9 Å². The molecule has 1 fully saturated rings. The molecular weight excluding hydrogens is 588 g/mol. The summed E-state index contributed by atoms with van der Waals surface area (Å²) in [4.78, 5) is 77.8. The second-order valence-electron chi connectivity index (χ2n) is 11.4. The lowest BCUT2D eigenvalue weighted by atomic mass is 9.96. The van der Waals surface area contributed by atoms with Gasteiger partial charge in [-0.25, -0.2) is 4.79 Å². The second kappa shape index (κ2) is 17.9. The van der Waals surface area contributed by atoms with Crippen LogP contribution < -0.4 is 27.4 Å². The minimum atomic E-state index is -1.51. The van der Waals surface area contributed by atoms with Crippen LogP contribution in [0.15, 0.2) is 24.3 Å². The third kappa shape index (κ3) is 11.3. The Bertz CT molecular complexity index is 1190. The molecule has 1 aromatic carbocycles. The quantitative estimate of drug-likeness (QED) is 0.0950. The summed E-state index contributed by atoms with van der Waals surface area (Å²) in [6, 6.07) is -0.0634. The maximum Gasteiger partial charge on any atom is 0.326 e. The van der Waals surface area contributed by atoms with E-state index in [1.807, 2.05) is 0 Å². The zero-order valence-corrected chi connectivity index (χ0v) is 25.7. The molecule has 0 aliphatic carbocycles. The molecule has 0 aromatic heterocycles. The van der Waals surface area contributed by atoms with Gasteiger partial charge in [-0.15, -0.1) is 0 Å². The summed E-state index contributed by atoms with van der Waals surface area (Å²) in [7, 11) is 0. The van der Waals surface area contributed by atoms with Gasteiger partial charge >= 0.3 is 11.9 Å². The lowest BCUT2D eigenvalue weighted by molar-refractivity contribution is -0.145. The normalized spacial score (nSPS) is 17.8. The number of carboxylic acid groups (broad SMARTS) is 2. The Kier molecular flexibility index (Phi) is 14.7. The number of likely N-dealkylation sites (tertiary alicyclic amines) is 1. The van der Waals surface area contributed by atoms with Crippen molar-refractivity contribution in [1.82, 2.24) is 20.9 Å². The third-order valence-corrected chi connectivity index (χ3v) is 7.92. The smallest absolute Gasteiger partial charge is 0.326 e. The van der Waals surface area contributed by atoms with E-state index in [9.17, 15) is 44.1 Å². The summed E-state index contributed by atoms with van der Waals surface area (Å²) < 4.78 is 0. The summed E-state index contributed by atoms with van der Waals surface area (Å²) >= 11 is 0. The number of phenolic OH excluding ortho intramolecular Hbond substituents is 1. The van der Waals surface area contributed by atoms with Crippen LogP contribution in [0.2, 0.25) is 0 Å². The second-order valence-corrected chi connectivity index (χ2v) is 11.4. The zero-order valence-electron chi connectivity index (χ0n) is 25.7. The lowest BCUT2D eigenvalue weighted by Crippen LogP contribution is -2.60. The minimum Gasteiger partial charge on any atom is -0.508 e. The van der Waals surface area contributed by atoms with Crippen LogP contribution >= 0.6 is 0 Å². The fourth-order valence-electron chi connectivity index (χ4n) is 5.06. The van der Waals surface area contributed by atoms with Crippen LogP contribution in [0.3, 0.4) is 0 Å². The fourth-order valence-corrected chi connectivity index (χ4v) is 5.06. The van der Waals surface area contributed by atoms with Crippen molar-refractivity contribution in [3.63, 3.8) is 0 Å². The molecule has 0 saturated carbocycles. The van der Waals surface area contributed by atoms with Gasteiger partial charge in [0, 0.05) is 13.0 Å². The van der Waals surface area contributed by atoms with Gasteiger partial charge in [0.15, 0.2) is 0 Å². The summed E-state index contributed by atoms with van der Waals surface area (Å²) in [6.45, 7) is 4.11. The average Bonchev–Trinajstić information content (AvgIpc) is 3.49. The topological polar surface area (TPSA) is 254 Å². The average molecular weight is 635 g/mol. The van der Waals surface area contributed by atoms with E-state index in [1.54, 1.807) is 13.8 Å². The number of phenols is 1. The fraction of sp³-hybridized carbons (Fsp3) is 0.600.